The van der Waals surface area contributed by atoms with Crippen LogP contribution in [0.2, 0.25) is 0 Å². The Morgan fingerprint density at radius 1 is 0.944 bits per heavy atom. The molecule has 36 heavy (non-hydrogen) atoms. The van der Waals surface area contributed by atoms with Crippen molar-refractivity contribution in [1.29, 1.82) is 0 Å². The zero-order chi connectivity index (χ0) is 25.2. The van der Waals surface area contributed by atoms with Gasteiger partial charge in [-0.25, -0.2) is 0 Å². The molecule has 1 aliphatic heterocycles. The number of carbonyl (C=O) groups is 1. The van der Waals surface area contributed by atoms with Gasteiger partial charge in [-0.15, -0.1) is 0 Å². The molecule has 2 heterocycles. The maximum Gasteiger partial charge on any atom is 0.295 e. The minimum Gasteiger partial charge on any atom is -0.494 e. The zero-order valence-electron chi connectivity index (χ0n) is 20.4. The highest BCUT2D eigenvalue weighted by atomic mass is 79.9. The third-order valence-electron chi connectivity index (χ3n) is 6.59. The molecule has 5 nitrogen and oxygen atoms in total. The lowest BCUT2D eigenvalue weighted by Gasteiger charge is -2.25. The van der Waals surface area contributed by atoms with Gasteiger partial charge in [0.1, 0.15) is 11.3 Å². The van der Waals surface area contributed by atoms with Crippen molar-refractivity contribution in [3.8, 4) is 5.75 Å². The molecule has 1 atom stereocenters. The largest absolute Gasteiger partial charge is 0.494 e. The molecule has 1 amide bonds. The number of anilines is 1. The summed E-state index contributed by atoms with van der Waals surface area (Å²) < 4.78 is 12.9. The number of rotatable bonds is 8. The van der Waals surface area contributed by atoms with E-state index in [9.17, 15) is 9.59 Å². The van der Waals surface area contributed by atoms with Crippen molar-refractivity contribution in [2.45, 2.75) is 45.6 Å². The van der Waals surface area contributed by atoms with Crippen molar-refractivity contribution in [3.05, 3.63) is 104 Å². The van der Waals surface area contributed by atoms with Gasteiger partial charge >= 0.3 is 0 Å². The fraction of sp³-hybridized carbons (Fsp3) is 0.267. The summed E-state index contributed by atoms with van der Waals surface area (Å²) >= 11 is 3.46. The van der Waals surface area contributed by atoms with Crippen LogP contribution in [0.1, 0.15) is 65.9 Å². The number of hydrogen-bond acceptors (Lipinski definition) is 4. The smallest absolute Gasteiger partial charge is 0.295 e. The van der Waals surface area contributed by atoms with E-state index in [1.807, 2.05) is 67.6 Å². The SMILES string of the molecule is CCCCCCOc1ccc(C2c3c(oc4ccc(C)cc4c3=O)C(=O)N2c2ccc(Br)cc2)cc1. The molecule has 184 valence electrons. The van der Waals surface area contributed by atoms with Crippen LogP contribution in [0.25, 0.3) is 11.0 Å². The quantitative estimate of drug-likeness (QED) is 0.214. The van der Waals surface area contributed by atoms with Crippen LogP contribution in [0.15, 0.2) is 80.4 Å². The van der Waals surface area contributed by atoms with Crippen molar-refractivity contribution in [2.24, 2.45) is 0 Å². The lowest BCUT2D eigenvalue weighted by molar-refractivity contribution is 0.0971. The summed E-state index contributed by atoms with van der Waals surface area (Å²) in [6.07, 6.45) is 4.57. The van der Waals surface area contributed by atoms with Gasteiger partial charge in [-0.2, -0.15) is 0 Å². The van der Waals surface area contributed by atoms with Crippen molar-refractivity contribution in [1.82, 2.24) is 0 Å². The number of aryl methyl sites for hydroxylation is 1. The highest BCUT2D eigenvalue weighted by Crippen LogP contribution is 2.41. The number of unbranched alkanes of at least 4 members (excludes halogenated alkanes) is 3. The van der Waals surface area contributed by atoms with Gasteiger partial charge in [-0.1, -0.05) is 65.9 Å². The molecule has 3 aromatic carbocycles. The van der Waals surface area contributed by atoms with E-state index < -0.39 is 6.04 Å². The molecule has 5 rings (SSSR count). The molecule has 0 spiro atoms. The number of benzene rings is 3. The van der Waals surface area contributed by atoms with Crippen molar-refractivity contribution < 1.29 is 13.9 Å². The maximum absolute atomic E-state index is 13.8. The van der Waals surface area contributed by atoms with Crippen LogP contribution in [0.4, 0.5) is 5.69 Å². The Morgan fingerprint density at radius 2 is 1.69 bits per heavy atom. The zero-order valence-corrected chi connectivity index (χ0v) is 22.0. The molecule has 0 N–H and O–H groups in total. The average molecular weight is 546 g/mol. The molecule has 0 saturated heterocycles. The molecule has 0 bridgehead atoms. The molecule has 6 heteroatoms. The standard InChI is InChI=1S/C30H28BrNO4/c1-3-4-5-6-17-35-23-14-8-20(9-15-23)27-26-28(33)24-18-19(2)7-16-25(24)36-29(26)30(34)32(27)22-12-10-21(31)11-13-22/h7-16,18,27H,3-6,17H2,1-2H3. The topological polar surface area (TPSA) is 59.8 Å². The first-order valence-corrected chi connectivity index (χ1v) is 13.2. The summed E-state index contributed by atoms with van der Waals surface area (Å²) in [4.78, 5) is 29.1. The Kier molecular flexibility index (Phi) is 6.97. The van der Waals surface area contributed by atoms with Gasteiger partial charge in [0.25, 0.3) is 5.91 Å². The van der Waals surface area contributed by atoms with E-state index in [0.29, 0.717) is 28.8 Å². The molecular formula is C30H28BrNO4. The minimum absolute atomic E-state index is 0.0977. The second-order valence-corrected chi connectivity index (χ2v) is 10.1. The Labute approximate surface area is 218 Å². The second-order valence-electron chi connectivity index (χ2n) is 9.21. The lowest BCUT2D eigenvalue weighted by Crippen LogP contribution is -2.29. The van der Waals surface area contributed by atoms with E-state index in [1.54, 1.807) is 11.0 Å². The van der Waals surface area contributed by atoms with Crippen LogP contribution in [-0.4, -0.2) is 12.5 Å². The van der Waals surface area contributed by atoms with E-state index in [1.165, 1.54) is 12.8 Å². The summed E-state index contributed by atoms with van der Waals surface area (Å²) in [5.41, 5.74) is 3.08. The van der Waals surface area contributed by atoms with Crippen molar-refractivity contribution in [2.75, 3.05) is 11.5 Å². The van der Waals surface area contributed by atoms with Gasteiger partial charge in [-0.05, 0) is 67.4 Å². The Morgan fingerprint density at radius 3 is 2.42 bits per heavy atom. The first-order chi connectivity index (χ1) is 17.5. The van der Waals surface area contributed by atoms with Crippen molar-refractivity contribution in [3.63, 3.8) is 0 Å². The molecule has 0 fully saturated rings. The van der Waals surface area contributed by atoms with Crippen LogP contribution in [0.5, 0.6) is 5.75 Å². The van der Waals surface area contributed by atoms with E-state index in [0.717, 1.165) is 34.2 Å². The highest BCUT2D eigenvalue weighted by molar-refractivity contribution is 9.10. The third kappa shape index (κ3) is 4.58. The predicted molar refractivity (Wildman–Crippen MR) is 146 cm³/mol. The number of hydrogen-bond donors (Lipinski definition) is 0. The molecule has 1 aromatic heterocycles. The van der Waals surface area contributed by atoms with E-state index in [2.05, 4.69) is 22.9 Å². The third-order valence-corrected chi connectivity index (χ3v) is 7.12. The van der Waals surface area contributed by atoms with E-state index >= 15 is 0 Å². The number of carbonyl (C=O) groups excluding carboxylic acids is 1. The Bertz CT molecular complexity index is 1460. The van der Waals surface area contributed by atoms with Gasteiger partial charge in [0.05, 0.1) is 23.6 Å². The first kappa shape index (κ1) is 24.3. The predicted octanol–water partition coefficient (Wildman–Crippen LogP) is 7.57. The van der Waals surface area contributed by atoms with Crippen molar-refractivity contribution >= 4 is 38.5 Å². The monoisotopic (exact) mass is 545 g/mol. The first-order valence-electron chi connectivity index (χ1n) is 12.4. The van der Waals surface area contributed by atoms with Gasteiger partial charge in [0.2, 0.25) is 5.76 Å². The molecule has 4 aromatic rings. The fourth-order valence-corrected chi connectivity index (χ4v) is 5.00. The molecule has 0 aliphatic carbocycles. The number of fused-ring (bicyclic) bond motifs is 2. The van der Waals surface area contributed by atoms with Crippen LogP contribution < -0.4 is 15.1 Å². The Balaban J connectivity index is 1.57. The Hall–Kier alpha value is -3.38. The molecule has 0 radical (unpaired) electrons. The summed E-state index contributed by atoms with van der Waals surface area (Å²) in [7, 11) is 0. The van der Waals surface area contributed by atoms with Crippen LogP contribution in [0, 0.1) is 6.92 Å². The van der Waals surface area contributed by atoms with Gasteiger partial charge in [-0.3, -0.25) is 14.5 Å². The summed E-state index contributed by atoms with van der Waals surface area (Å²) in [5.74, 6) is 0.546. The lowest BCUT2D eigenvalue weighted by atomic mass is 9.98. The second kappa shape index (κ2) is 10.3. The number of nitrogens with zero attached hydrogens (tertiary/aromatic N) is 1. The van der Waals surface area contributed by atoms with Gasteiger partial charge in [0, 0.05) is 10.2 Å². The number of halogens is 1. The summed E-state index contributed by atoms with van der Waals surface area (Å²) in [6, 6.07) is 20.0. The van der Waals surface area contributed by atoms with E-state index in [4.69, 9.17) is 9.15 Å². The maximum atomic E-state index is 13.8. The summed E-state index contributed by atoms with van der Waals surface area (Å²) in [5, 5.41) is 0.483. The minimum atomic E-state index is -0.603. The fourth-order valence-electron chi connectivity index (χ4n) is 4.74. The number of amides is 1. The molecular weight excluding hydrogens is 518 g/mol. The molecule has 1 unspecified atom stereocenters. The molecule has 1 aliphatic rings. The highest BCUT2D eigenvalue weighted by Gasteiger charge is 2.43. The van der Waals surface area contributed by atoms with Crippen LogP contribution in [0.3, 0.4) is 0 Å². The van der Waals surface area contributed by atoms with Gasteiger partial charge in [0.15, 0.2) is 5.43 Å². The molecule has 0 saturated carbocycles. The average Bonchev–Trinajstić information content (AvgIpc) is 3.18. The van der Waals surface area contributed by atoms with Crippen LogP contribution >= 0.6 is 15.9 Å². The number of ether oxygens (including phenoxy) is 1. The summed E-state index contributed by atoms with van der Waals surface area (Å²) in [6.45, 7) is 4.79. The van der Waals surface area contributed by atoms with Crippen LogP contribution in [-0.2, 0) is 0 Å². The van der Waals surface area contributed by atoms with Gasteiger partial charge < -0.3 is 9.15 Å². The normalized spacial score (nSPS) is 14.9. The van der Waals surface area contributed by atoms with E-state index in [-0.39, 0.29) is 17.1 Å².